The Labute approximate surface area is 165 Å². The van der Waals surface area contributed by atoms with Crippen LogP contribution in [0.5, 0.6) is 0 Å². The van der Waals surface area contributed by atoms with Crippen LogP contribution in [0, 0.1) is 0 Å². The molecule has 0 radical (unpaired) electrons. The van der Waals surface area contributed by atoms with Crippen LogP contribution in [-0.2, 0) is 22.9 Å². The zero-order valence-corrected chi connectivity index (χ0v) is 17.8. The third-order valence-electron chi connectivity index (χ3n) is 3.11. The van der Waals surface area contributed by atoms with Crippen molar-refractivity contribution in [2.75, 3.05) is 0 Å². The first-order valence-corrected chi connectivity index (χ1v) is 9.27. The second-order valence-electron chi connectivity index (χ2n) is 4.70. The molecule has 0 heterocycles. The van der Waals surface area contributed by atoms with Crippen molar-refractivity contribution in [3.8, 4) is 0 Å². The minimum Gasteiger partial charge on any atom is -0.153 e. The second-order valence-corrected chi connectivity index (χ2v) is 8.50. The van der Waals surface area contributed by atoms with E-state index >= 15 is 0 Å². The van der Waals surface area contributed by atoms with Gasteiger partial charge in [0.15, 0.2) is 0 Å². The zero-order valence-electron chi connectivity index (χ0n) is 13.1. The predicted octanol–water partition coefficient (Wildman–Crippen LogP) is 4.24. The minimum atomic E-state index is -4.35. The van der Waals surface area contributed by atoms with Gasteiger partial charge >= 0.3 is 139 Å². The standard InChI is InChI=1S/C7H4F3.2C6H5.BrH.H3P.Pd/c8-7(9,10)6-4-2-1-3-5-6;2*1-2-4-6-5-3-1;;;/h1-4H;2*1-5H;1H;1H3;. The van der Waals surface area contributed by atoms with Crippen LogP contribution in [0.15, 0.2) is 84.9 Å². The Morgan fingerprint density at radius 2 is 1.00 bits per heavy atom. The summed E-state index contributed by atoms with van der Waals surface area (Å²) in [5.74, 6) is 0. The van der Waals surface area contributed by atoms with E-state index in [9.17, 15) is 13.2 Å². The molecule has 0 N–H and O–H groups in total. The molecule has 0 amide bonds. The molecule has 3 aromatic rings. The Morgan fingerprint density at radius 3 is 1.44 bits per heavy atom. The summed E-state index contributed by atoms with van der Waals surface area (Å²) in [4.78, 5) is 0. The van der Waals surface area contributed by atoms with Crippen molar-refractivity contribution in [3.05, 3.63) is 90.5 Å². The SMILES string of the molecule is Br.FC(F)(F)c1cccc[c]1[Pd]([c]1ccccc1)[c]1ccccc1.P. The molecular formula is C19H18BrF3PPd. The molecule has 1 unspecified atom stereocenters. The molecule has 1 atom stereocenters. The van der Waals surface area contributed by atoms with E-state index < -0.39 is 28.5 Å². The number of hydrogen-bond acceptors (Lipinski definition) is 0. The van der Waals surface area contributed by atoms with Gasteiger partial charge in [-0.2, -0.15) is 9.90 Å². The van der Waals surface area contributed by atoms with Gasteiger partial charge in [-0.3, -0.25) is 0 Å². The molecule has 0 saturated heterocycles. The van der Waals surface area contributed by atoms with Gasteiger partial charge in [0.25, 0.3) is 0 Å². The first-order valence-electron chi connectivity index (χ1n) is 6.94. The normalized spacial score (nSPS) is 11.1. The average molecular weight is 521 g/mol. The Kier molecular flexibility index (Phi) is 8.51. The molecule has 0 aliphatic rings. The number of rotatable bonds is 3. The minimum absolute atomic E-state index is 0. The molecule has 0 bridgehead atoms. The molecule has 0 nitrogen and oxygen atoms in total. The van der Waals surface area contributed by atoms with E-state index in [1.165, 1.54) is 12.1 Å². The van der Waals surface area contributed by atoms with Crippen LogP contribution in [-0.4, -0.2) is 0 Å². The van der Waals surface area contributed by atoms with Gasteiger partial charge in [0, 0.05) is 0 Å². The maximum atomic E-state index is 13.5. The van der Waals surface area contributed by atoms with E-state index in [-0.39, 0.29) is 26.9 Å². The van der Waals surface area contributed by atoms with Crippen LogP contribution in [0.25, 0.3) is 0 Å². The maximum Gasteiger partial charge on any atom is -0.153 e. The molecule has 137 valence electrons. The van der Waals surface area contributed by atoms with Gasteiger partial charge in [0.1, 0.15) is 0 Å². The summed E-state index contributed by atoms with van der Waals surface area (Å²) in [5.41, 5.74) is -0.534. The van der Waals surface area contributed by atoms with Crippen LogP contribution in [0.2, 0.25) is 0 Å². The quantitative estimate of drug-likeness (QED) is 0.358. The second kappa shape index (κ2) is 9.65. The molecule has 0 saturated carbocycles. The summed E-state index contributed by atoms with van der Waals surface area (Å²) >= 11 is -1.89. The van der Waals surface area contributed by atoms with Gasteiger partial charge in [0.05, 0.1) is 0 Å². The van der Waals surface area contributed by atoms with Gasteiger partial charge < -0.3 is 0 Å². The first-order chi connectivity index (χ1) is 11.1. The van der Waals surface area contributed by atoms with Crippen molar-refractivity contribution in [2.45, 2.75) is 6.18 Å². The first kappa shape index (κ1) is 22.1. The van der Waals surface area contributed by atoms with E-state index in [4.69, 9.17) is 0 Å². The third kappa shape index (κ3) is 5.25. The van der Waals surface area contributed by atoms with Crippen molar-refractivity contribution in [1.82, 2.24) is 0 Å². The van der Waals surface area contributed by atoms with Crippen LogP contribution in [0.4, 0.5) is 13.2 Å². The fourth-order valence-corrected chi connectivity index (χ4v) is 6.42. The summed E-state index contributed by atoms with van der Waals surface area (Å²) in [6.07, 6.45) is -4.35. The topological polar surface area (TPSA) is 0 Å². The summed E-state index contributed by atoms with van der Waals surface area (Å²) in [6, 6.07) is 24.9. The molecule has 25 heavy (non-hydrogen) atoms. The van der Waals surface area contributed by atoms with Gasteiger partial charge in [-0.1, -0.05) is 0 Å². The Morgan fingerprint density at radius 1 is 0.600 bits per heavy atom. The molecule has 0 spiro atoms. The average Bonchev–Trinajstić information content (AvgIpc) is 2.57. The summed E-state index contributed by atoms with van der Waals surface area (Å²) in [6.45, 7) is 0. The monoisotopic (exact) mass is 519 g/mol. The molecule has 0 fully saturated rings. The Bertz CT molecular complexity index is 740. The van der Waals surface area contributed by atoms with Crippen molar-refractivity contribution in [2.24, 2.45) is 0 Å². The fraction of sp³-hybridized carbons (Fsp3) is 0.0526. The van der Waals surface area contributed by atoms with Crippen LogP contribution >= 0.6 is 26.9 Å². The third-order valence-corrected chi connectivity index (χ3v) is 7.46. The van der Waals surface area contributed by atoms with E-state index in [2.05, 4.69) is 0 Å². The fourth-order valence-electron chi connectivity index (χ4n) is 2.13. The summed E-state index contributed by atoms with van der Waals surface area (Å²) < 4.78 is 42.7. The number of alkyl halides is 3. The maximum absolute atomic E-state index is 13.5. The smallest absolute Gasteiger partial charge is 0.153 e. The molecule has 0 aromatic heterocycles. The van der Waals surface area contributed by atoms with Gasteiger partial charge in [-0.25, -0.2) is 0 Å². The Balaban J connectivity index is 0.00000156. The van der Waals surface area contributed by atoms with Crippen LogP contribution < -0.4 is 12.1 Å². The van der Waals surface area contributed by atoms with E-state index in [0.29, 0.717) is 4.04 Å². The van der Waals surface area contributed by atoms with Crippen molar-refractivity contribution in [1.29, 1.82) is 0 Å². The van der Waals surface area contributed by atoms with E-state index in [1.807, 2.05) is 60.7 Å². The molecular weight excluding hydrogens is 503 g/mol. The number of halogens is 4. The molecule has 0 aliphatic heterocycles. The molecule has 3 aromatic carbocycles. The van der Waals surface area contributed by atoms with Gasteiger partial charge in [-0.05, 0) is 0 Å². The Hall–Kier alpha value is -0.978. The van der Waals surface area contributed by atoms with E-state index in [1.54, 1.807) is 12.1 Å². The van der Waals surface area contributed by atoms with Gasteiger partial charge in [-0.15, -0.1) is 17.0 Å². The molecule has 6 heteroatoms. The van der Waals surface area contributed by atoms with Crippen molar-refractivity contribution >= 4 is 39.0 Å². The number of benzene rings is 3. The molecule has 3 rings (SSSR count). The molecule has 0 aliphatic carbocycles. The van der Waals surface area contributed by atoms with Crippen LogP contribution in [0.3, 0.4) is 0 Å². The van der Waals surface area contributed by atoms with Gasteiger partial charge in [0.2, 0.25) is 0 Å². The van der Waals surface area contributed by atoms with Crippen LogP contribution in [0.1, 0.15) is 5.56 Å². The summed E-state index contributed by atoms with van der Waals surface area (Å²) in [7, 11) is 0. The number of hydrogen-bond donors (Lipinski definition) is 0. The largest absolute Gasteiger partial charge is 0.153 e. The van der Waals surface area contributed by atoms with E-state index in [0.717, 1.165) is 8.07 Å². The summed E-state index contributed by atoms with van der Waals surface area (Å²) in [5, 5.41) is 0. The van der Waals surface area contributed by atoms with Crippen molar-refractivity contribution < 1.29 is 29.9 Å². The zero-order chi connectivity index (χ0) is 16.3. The predicted molar refractivity (Wildman–Crippen MR) is 105 cm³/mol. The van der Waals surface area contributed by atoms with Crippen molar-refractivity contribution in [3.63, 3.8) is 0 Å².